The average Bonchev–Trinajstić information content (AvgIpc) is 2.86. The molecule has 0 aliphatic rings. The lowest BCUT2D eigenvalue weighted by Gasteiger charge is -2.18. The molecule has 0 atom stereocenters. The fraction of sp³-hybridized carbons (Fsp3) is 0.259. The molecule has 0 saturated carbocycles. The number of amides is 2. The Labute approximate surface area is 200 Å². The second kappa shape index (κ2) is 13.0. The van der Waals surface area contributed by atoms with Crippen LogP contribution in [-0.2, 0) is 16.1 Å². The van der Waals surface area contributed by atoms with E-state index in [2.05, 4.69) is 10.6 Å². The van der Waals surface area contributed by atoms with Gasteiger partial charge in [-0.2, -0.15) is 0 Å². The topological polar surface area (TPSA) is 79.9 Å². The molecule has 0 heterocycles. The lowest BCUT2D eigenvalue weighted by Crippen LogP contribution is -2.26. The van der Waals surface area contributed by atoms with Crippen LogP contribution in [0.4, 0.5) is 11.4 Å². The Morgan fingerprint density at radius 3 is 2.47 bits per heavy atom. The van der Waals surface area contributed by atoms with Crippen LogP contribution in [0.2, 0.25) is 0 Å². The molecule has 3 aromatic rings. The van der Waals surface area contributed by atoms with Crippen LogP contribution in [0.5, 0.6) is 5.75 Å². The van der Waals surface area contributed by atoms with Crippen molar-refractivity contribution in [2.75, 3.05) is 44.0 Å². The molecular formula is C27H31N3O4. The van der Waals surface area contributed by atoms with Crippen LogP contribution in [0.15, 0.2) is 78.9 Å². The Morgan fingerprint density at radius 1 is 0.912 bits per heavy atom. The van der Waals surface area contributed by atoms with Gasteiger partial charge in [0.1, 0.15) is 12.4 Å². The third kappa shape index (κ3) is 7.64. The number of rotatable bonds is 12. The van der Waals surface area contributed by atoms with Crippen molar-refractivity contribution in [2.24, 2.45) is 0 Å². The first-order valence-electron chi connectivity index (χ1n) is 11.3. The molecule has 0 saturated heterocycles. The van der Waals surface area contributed by atoms with Crippen molar-refractivity contribution >= 4 is 23.2 Å². The van der Waals surface area contributed by atoms with E-state index in [0.717, 1.165) is 5.56 Å². The van der Waals surface area contributed by atoms with Crippen LogP contribution in [0, 0.1) is 0 Å². The zero-order valence-electron chi connectivity index (χ0n) is 19.6. The molecule has 34 heavy (non-hydrogen) atoms. The van der Waals surface area contributed by atoms with Gasteiger partial charge >= 0.3 is 0 Å². The molecule has 3 aromatic carbocycles. The van der Waals surface area contributed by atoms with Crippen LogP contribution >= 0.6 is 0 Å². The molecule has 178 valence electrons. The molecule has 0 aliphatic heterocycles. The van der Waals surface area contributed by atoms with Crippen LogP contribution < -0.4 is 15.4 Å². The highest BCUT2D eigenvalue weighted by molar-refractivity contribution is 5.96. The van der Waals surface area contributed by atoms with Crippen LogP contribution in [0.25, 0.3) is 0 Å². The standard InChI is InChI=1S/C27H31N3O4/c1-3-33-16-17-34-25-15-8-7-14-24(25)29-26(31)19-28-23-13-9-12-22(18-23)27(32)30(2)20-21-10-5-4-6-11-21/h4-15,18,28H,3,16-17,19-20H2,1-2H3,(H,29,31). The first kappa shape index (κ1) is 24.8. The van der Waals surface area contributed by atoms with Gasteiger partial charge in [0.15, 0.2) is 0 Å². The molecule has 0 spiro atoms. The minimum absolute atomic E-state index is 0.0464. The van der Waals surface area contributed by atoms with Gasteiger partial charge in [-0.15, -0.1) is 0 Å². The Hall–Kier alpha value is -3.84. The maximum atomic E-state index is 12.8. The van der Waals surface area contributed by atoms with E-state index < -0.39 is 0 Å². The number of carbonyl (C=O) groups excluding carboxylic acids is 2. The molecule has 0 bridgehead atoms. The van der Waals surface area contributed by atoms with Crippen molar-refractivity contribution < 1.29 is 19.1 Å². The van der Waals surface area contributed by atoms with Crippen LogP contribution in [-0.4, -0.2) is 50.1 Å². The minimum Gasteiger partial charge on any atom is -0.489 e. The summed E-state index contributed by atoms with van der Waals surface area (Å²) in [5, 5.41) is 5.95. The van der Waals surface area contributed by atoms with Gasteiger partial charge in [0.25, 0.3) is 5.91 Å². The summed E-state index contributed by atoms with van der Waals surface area (Å²) in [6, 6.07) is 24.2. The molecule has 0 aromatic heterocycles. The Balaban J connectivity index is 1.54. The molecule has 0 fully saturated rings. The van der Waals surface area contributed by atoms with E-state index in [1.54, 1.807) is 42.3 Å². The summed E-state index contributed by atoms with van der Waals surface area (Å²) in [5.74, 6) is 0.276. The molecule has 2 amide bonds. The molecule has 0 unspecified atom stereocenters. The Kier molecular flexibility index (Phi) is 9.49. The Morgan fingerprint density at radius 2 is 1.68 bits per heavy atom. The van der Waals surface area contributed by atoms with Crippen molar-refractivity contribution in [3.63, 3.8) is 0 Å². The third-order valence-corrected chi connectivity index (χ3v) is 5.02. The van der Waals surface area contributed by atoms with Gasteiger partial charge in [-0.3, -0.25) is 9.59 Å². The second-order valence-corrected chi connectivity index (χ2v) is 7.67. The monoisotopic (exact) mass is 461 g/mol. The molecule has 7 heteroatoms. The van der Waals surface area contributed by atoms with E-state index in [4.69, 9.17) is 9.47 Å². The summed E-state index contributed by atoms with van der Waals surface area (Å²) in [6.45, 7) is 4.00. The van der Waals surface area contributed by atoms with Gasteiger partial charge in [0, 0.05) is 31.5 Å². The van der Waals surface area contributed by atoms with Crippen molar-refractivity contribution in [1.82, 2.24) is 4.90 Å². The van der Waals surface area contributed by atoms with E-state index in [-0.39, 0.29) is 18.4 Å². The molecule has 3 rings (SSSR count). The summed E-state index contributed by atoms with van der Waals surface area (Å²) in [4.78, 5) is 27.0. The quantitative estimate of drug-likeness (QED) is 0.390. The summed E-state index contributed by atoms with van der Waals surface area (Å²) < 4.78 is 11.0. The fourth-order valence-corrected chi connectivity index (χ4v) is 3.34. The van der Waals surface area contributed by atoms with Gasteiger partial charge in [-0.25, -0.2) is 0 Å². The maximum Gasteiger partial charge on any atom is 0.253 e. The van der Waals surface area contributed by atoms with Crippen molar-refractivity contribution in [3.8, 4) is 5.75 Å². The largest absolute Gasteiger partial charge is 0.489 e. The highest BCUT2D eigenvalue weighted by Gasteiger charge is 2.13. The lowest BCUT2D eigenvalue weighted by molar-refractivity contribution is -0.114. The third-order valence-electron chi connectivity index (χ3n) is 5.02. The fourth-order valence-electron chi connectivity index (χ4n) is 3.34. The van der Waals surface area contributed by atoms with Gasteiger partial charge in [-0.1, -0.05) is 48.5 Å². The van der Waals surface area contributed by atoms with Crippen molar-refractivity contribution in [1.29, 1.82) is 0 Å². The number of hydrogen-bond acceptors (Lipinski definition) is 5. The van der Waals surface area contributed by atoms with E-state index in [0.29, 0.717) is 49.1 Å². The summed E-state index contributed by atoms with van der Waals surface area (Å²) >= 11 is 0. The maximum absolute atomic E-state index is 12.8. The SMILES string of the molecule is CCOCCOc1ccccc1NC(=O)CNc1cccc(C(=O)N(C)Cc2ccccc2)c1. The number of hydrogen-bond donors (Lipinski definition) is 2. The zero-order valence-corrected chi connectivity index (χ0v) is 19.6. The molecule has 0 aliphatic carbocycles. The molecule has 7 nitrogen and oxygen atoms in total. The average molecular weight is 462 g/mol. The van der Waals surface area contributed by atoms with E-state index in [9.17, 15) is 9.59 Å². The highest BCUT2D eigenvalue weighted by Crippen LogP contribution is 2.23. The van der Waals surface area contributed by atoms with Crippen LogP contribution in [0.3, 0.4) is 0 Å². The smallest absolute Gasteiger partial charge is 0.253 e. The number of anilines is 2. The van der Waals surface area contributed by atoms with Crippen LogP contribution in [0.1, 0.15) is 22.8 Å². The number of ether oxygens (including phenoxy) is 2. The number of para-hydroxylation sites is 2. The first-order chi connectivity index (χ1) is 16.6. The number of nitrogens with zero attached hydrogens (tertiary/aromatic N) is 1. The van der Waals surface area contributed by atoms with Gasteiger partial charge in [0.05, 0.1) is 18.8 Å². The summed E-state index contributed by atoms with van der Waals surface area (Å²) in [5.41, 5.74) is 2.90. The van der Waals surface area contributed by atoms with Gasteiger partial charge in [0.2, 0.25) is 5.91 Å². The van der Waals surface area contributed by atoms with E-state index in [1.165, 1.54) is 0 Å². The van der Waals surface area contributed by atoms with E-state index in [1.807, 2.05) is 55.5 Å². The highest BCUT2D eigenvalue weighted by atomic mass is 16.5. The minimum atomic E-state index is -0.223. The van der Waals surface area contributed by atoms with Gasteiger partial charge < -0.3 is 25.0 Å². The zero-order chi connectivity index (χ0) is 24.2. The number of benzene rings is 3. The normalized spacial score (nSPS) is 10.4. The summed E-state index contributed by atoms with van der Waals surface area (Å²) in [6.07, 6.45) is 0. The first-order valence-corrected chi connectivity index (χ1v) is 11.3. The molecule has 0 radical (unpaired) electrons. The van der Waals surface area contributed by atoms with Crippen molar-refractivity contribution in [2.45, 2.75) is 13.5 Å². The number of carbonyl (C=O) groups is 2. The summed E-state index contributed by atoms with van der Waals surface area (Å²) in [7, 11) is 1.77. The van der Waals surface area contributed by atoms with E-state index >= 15 is 0 Å². The van der Waals surface area contributed by atoms with Crippen molar-refractivity contribution in [3.05, 3.63) is 90.0 Å². The predicted octanol–water partition coefficient (Wildman–Crippen LogP) is 4.42. The Bertz CT molecular complexity index is 1070. The van der Waals surface area contributed by atoms with Gasteiger partial charge in [-0.05, 0) is 42.8 Å². The molecular weight excluding hydrogens is 430 g/mol. The second-order valence-electron chi connectivity index (χ2n) is 7.67. The lowest BCUT2D eigenvalue weighted by atomic mass is 10.1. The molecule has 2 N–H and O–H groups in total. The number of nitrogens with one attached hydrogen (secondary N) is 2. The predicted molar refractivity (Wildman–Crippen MR) is 134 cm³/mol.